The average Bonchev–Trinajstić information content (AvgIpc) is 2.67. The predicted octanol–water partition coefficient (Wildman–Crippen LogP) is 4.15. The minimum absolute atomic E-state index is 0.494. The third-order valence-electron chi connectivity index (χ3n) is 2.41. The molecule has 5 heteroatoms. The van der Waals surface area contributed by atoms with Crippen LogP contribution in [0.15, 0.2) is 30.3 Å². The van der Waals surface area contributed by atoms with Gasteiger partial charge in [0.05, 0.1) is 11.4 Å². The lowest BCUT2D eigenvalue weighted by molar-refractivity contribution is 0.215. The highest BCUT2D eigenvalue weighted by Gasteiger charge is 2.19. The van der Waals surface area contributed by atoms with Crippen molar-refractivity contribution in [2.75, 3.05) is 7.11 Å². The largest absolute Gasteiger partial charge is 0.496 e. The Kier molecular flexibility index (Phi) is 3.94. The summed E-state index contributed by atoms with van der Waals surface area (Å²) in [6.07, 6.45) is -0.831. The number of halogens is 2. The zero-order valence-corrected chi connectivity index (χ0v) is 11.3. The van der Waals surface area contributed by atoms with E-state index in [1.165, 1.54) is 11.3 Å². The maximum Gasteiger partial charge on any atom is 0.125 e. The van der Waals surface area contributed by atoms with Crippen molar-refractivity contribution in [3.8, 4) is 5.75 Å². The van der Waals surface area contributed by atoms with Gasteiger partial charge in [-0.1, -0.05) is 41.4 Å². The van der Waals surface area contributed by atoms with Crippen molar-refractivity contribution in [1.29, 1.82) is 0 Å². The van der Waals surface area contributed by atoms with E-state index in [0.29, 0.717) is 25.5 Å². The summed E-state index contributed by atoms with van der Waals surface area (Å²) in [4.78, 5) is 0. The number of methoxy groups -OCH3 is 1. The highest BCUT2D eigenvalue weighted by atomic mass is 35.5. The molecule has 0 fully saturated rings. The van der Waals surface area contributed by atoms with Crippen LogP contribution in [0.25, 0.3) is 0 Å². The number of ether oxygens (including phenoxy) is 1. The van der Waals surface area contributed by atoms with Gasteiger partial charge in [0.25, 0.3) is 0 Å². The zero-order chi connectivity index (χ0) is 12.4. The lowest BCUT2D eigenvalue weighted by Gasteiger charge is -2.13. The molecule has 0 aliphatic rings. The summed E-state index contributed by atoms with van der Waals surface area (Å²) in [6.45, 7) is 0. The molecule has 1 heterocycles. The molecule has 0 aliphatic carbocycles. The van der Waals surface area contributed by atoms with Crippen LogP contribution in [0.4, 0.5) is 0 Å². The Balaban J connectivity index is 2.43. The van der Waals surface area contributed by atoms with Crippen LogP contribution in [0, 0.1) is 0 Å². The van der Waals surface area contributed by atoms with E-state index in [0.717, 1.165) is 0 Å². The lowest BCUT2D eigenvalue weighted by atomic mass is 10.0. The topological polar surface area (TPSA) is 29.5 Å². The molecule has 0 amide bonds. The molecule has 1 N–H and O–H groups in total. The van der Waals surface area contributed by atoms with Crippen molar-refractivity contribution >= 4 is 34.5 Å². The van der Waals surface area contributed by atoms with Crippen molar-refractivity contribution in [2.45, 2.75) is 6.10 Å². The number of rotatable bonds is 3. The SMILES string of the molecule is COc1ccccc1C(O)c1cc(Cl)sc1Cl. The van der Waals surface area contributed by atoms with E-state index in [9.17, 15) is 5.11 Å². The summed E-state index contributed by atoms with van der Waals surface area (Å²) in [5.41, 5.74) is 1.28. The summed E-state index contributed by atoms with van der Waals surface area (Å²) in [6, 6.07) is 8.94. The van der Waals surface area contributed by atoms with E-state index in [1.807, 2.05) is 12.1 Å². The first kappa shape index (κ1) is 12.7. The molecule has 0 radical (unpaired) electrons. The van der Waals surface area contributed by atoms with E-state index in [2.05, 4.69) is 0 Å². The van der Waals surface area contributed by atoms with E-state index in [1.54, 1.807) is 25.3 Å². The zero-order valence-electron chi connectivity index (χ0n) is 8.98. The Morgan fingerprint density at radius 2 is 1.94 bits per heavy atom. The van der Waals surface area contributed by atoms with E-state index in [-0.39, 0.29) is 0 Å². The highest BCUT2D eigenvalue weighted by molar-refractivity contribution is 7.20. The maximum atomic E-state index is 10.3. The third-order valence-corrected chi connectivity index (χ3v) is 3.93. The smallest absolute Gasteiger partial charge is 0.125 e. The molecule has 1 aromatic carbocycles. The number of para-hydroxylation sites is 1. The van der Waals surface area contributed by atoms with Gasteiger partial charge in [-0.2, -0.15) is 0 Å². The summed E-state index contributed by atoms with van der Waals surface area (Å²) in [7, 11) is 1.56. The van der Waals surface area contributed by atoms with Gasteiger partial charge in [0.2, 0.25) is 0 Å². The Labute approximate surface area is 113 Å². The first-order valence-electron chi connectivity index (χ1n) is 4.89. The Morgan fingerprint density at radius 3 is 2.53 bits per heavy atom. The van der Waals surface area contributed by atoms with Crippen molar-refractivity contribution in [1.82, 2.24) is 0 Å². The molecular formula is C12H10Cl2O2S. The third kappa shape index (κ3) is 2.58. The van der Waals surface area contributed by atoms with Crippen LogP contribution in [-0.2, 0) is 0 Å². The van der Waals surface area contributed by atoms with Crippen LogP contribution >= 0.6 is 34.5 Å². The van der Waals surface area contributed by atoms with Gasteiger partial charge >= 0.3 is 0 Å². The van der Waals surface area contributed by atoms with Crippen LogP contribution in [0.2, 0.25) is 8.67 Å². The second-order valence-electron chi connectivity index (χ2n) is 3.42. The molecule has 1 atom stereocenters. The molecule has 90 valence electrons. The number of thiophene rings is 1. The molecule has 0 saturated heterocycles. The quantitative estimate of drug-likeness (QED) is 0.920. The van der Waals surface area contributed by atoms with Crippen LogP contribution in [0.1, 0.15) is 17.2 Å². The number of hydrogen-bond acceptors (Lipinski definition) is 3. The van der Waals surface area contributed by atoms with Gasteiger partial charge in [0.15, 0.2) is 0 Å². The van der Waals surface area contributed by atoms with Crippen molar-refractivity contribution in [3.05, 3.63) is 50.1 Å². The van der Waals surface area contributed by atoms with E-state index < -0.39 is 6.10 Å². The summed E-state index contributed by atoms with van der Waals surface area (Å²) in [5.74, 6) is 0.624. The molecule has 0 aliphatic heterocycles. The summed E-state index contributed by atoms with van der Waals surface area (Å²) < 4.78 is 6.25. The molecule has 1 aromatic heterocycles. The van der Waals surface area contributed by atoms with Gasteiger partial charge in [0.1, 0.15) is 16.2 Å². The van der Waals surface area contributed by atoms with Crippen molar-refractivity contribution in [3.63, 3.8) is 0 Å². The highest BCUT2D eigenvalue weighted by Crippen LogP contribution is 2.39. The maximum absolute atomic E-state index is 10.3. The summed E-state index contributed by atoms with van der Waals surface area (Å²) in [5, 5.41) is 10.3. The number of hydrogen-bond donors (Lipinski definition) is 1. The number of aliphatic hydroxyl groups excluding tert-OH is 1. The molecule has 0 spiro atoms. The van der Waals surface area contributed by atoms with Crippen molar-refractivity contribution < 1.29 is 9.84 Å². The van der Waals surface area contributed by atoms with Crippen LogP contribution in [-0.4, -0.2) is 12.2 Å². The molecule has 0 saturated carbocycles. The van der Waals surface area contributed by atoms with Crippen LogP contribution in [0.3, 0.4) is 0 Å². The molecule has 0 bridgehead atoms. The average molecular weight is 289 g/mol. The van der Waals surface area contributed by atoms with Gasteiger partial charge in [-0.05, 0) is 12.1 Å². The van der Waals surface area contributed by atoms with Gasteiger partial charge in [0, 0.05) is 11.1 Å². The van der Waals surface area contributed by atoms with Crippen molar-refractivity contribution in [2.24, 2.45) is 0 Å². The normalized spacial score (nSPS) is 12.5. The fourth-order valence-corrected chi connectivity index (χ4v) is 3.12. The Bertz CT molecular complexity index is 525. The predicted molar refractivity (Wildman–Crippen MR) is 71.4 cm³/mol. The molecular weight excluding hydrogens is 279 g/mol. The first-order chi connectivity index (χ1) is 8.13. The fourth-order valence-electron chi connectivity index (χ4n) is 1.60. The van der Waals surface area contributed by atoms with Crippen LogP contribution in [0.5, 0.6) is 5.75 Å². The standard InChI is InChI=1S/C12H10Cl2O2S/c1-16-9-5-3-2-4-7(9)11(15)8-6-10(13)17-12(8)14/h2-6,11,15H,1H3. The first-order valence-corrected chi connectivity index (χ1v) is 6.46. The van der Waals surface area contributed by atoms with Crippen LogP contribution < -0.4 is 4.74 Å². The second-order valence-corrected chi connectivity index (χ2v) is 5.71. The molecule has 1 unspecified atom stereocenters. The summed E-state index contributed by atoms with van der Waals surface area (Å²) >= 11 is 13.1. The Morgan fingerprint density at radius 1 is 1.24 bits per heavy atom. The minimum Gasteiger partial charge on any atom is -0.496 e. The minimum atomic E-state index is -0.831. The van der Waals surface area contributed by atoms with E-state index in [4.69, 9.17) is 27.9 Å². The fraction of sp³-hybridized carbons (Fsp3) is 0.167. The second kappa shape index (κ2) is 5.27. The molecule has 2 nitrogen and oxygen atoms in total. The Hall–Kier alpha value is -0.740. The number of aliphatic hydroxyl groups is 1. The molecule has 2 aromatic rings. The lowest BCUT2D eigenvalue weighted by Crippen LogP contribution is -2.01. The van der Waals surface area contributed by atoms with Gasteiger partial charge in [-0.15, -0.1) is 11.3 Å². The molecule has 17 heavy (non-hydrogen) atoms. The van der Waals surface area contributed by atoms with Gasteiger partial charge in [-0.3, -0.25) is 0 Å². The van der Waals surface area contributed by atoms with Gasteiger partial charge in [-0.25, -0.2) is 0 Å². The monoisotopic (exact) mass is 288 g/mol. The molecule has 2 rings (SSSR count). The van der Waals surface area contributed by atoms with Gasteiger partial charge < -0.3 is 9.84 Å². The number of benzene rings is 1. The van der Waals surface area contributed by atoms with E-state index >= 15 is 0 Å².